The Labute approximate surface area is 89.7 Å². The zero-order valence-corrected chi connectivity index (χ0v) is 8.87. The Hall–Kier alpha value is -1.05. The molecule has 2 aliphatic rings. The summed E-state index contributed by atoms with van der Waals surface area (Å²) in [5, 5.41) is 0. The average Bonchev–Trinajstić information content (AvgIpc) is 2.63. The molecule has 2 aliphatic carbocycles. The van der Waals surface area contributed by atoms with Gasteiger partial charge in [-0.05, 0) is 43.2 Å². The van der Waals surface area contributed by atoms with Gasteiger partial charge in [-0.2, -0.15) is 0 Å². The molecule has 0 aromatic carbocycles. The normalized spacial score (nSPS) is 30.5. The Morgan fingerprint density at radius 2 is 2.13 bits per heavy atom. The summed E-state index contributed by atoms with van der Waals surface area (Å²) in [4.78, 5) is 12.0. The summed E-state index contributed by atoms with van der Waals surface area (Å²) in [6.45, 7) is 0. The molecule has 80 valence electrons. The average molecular weight is 204 g/mol. The maximum absolute atomic E-state index is 12.0. The van der Waals surface area contributed by atoms with Crippen molar-refractivity contribution in [3.8, 4) is 0 Å². The molecule has 1 saturated carbocycles. The molecular formula is C13H16O2. The largest absolute Gasteiger partial charge is 0.468 e. The standard InChI is InChI=1S/C13H16O2/c14-11-4-2-1-3-9-5-6-10-7-8-15-13(10)12(9)11/h7-9,12H,1-6H2/t9-,12?/m1/s1. The molecule has 2 heteroatoms. The third-order valence-electron chi connectivity index (χ3n) is 3.91. The Balaban J connectivity index is 2.02. The second-order valence-electron chi connectivity index (χ2n) is 4.80. The van der Waals surface area contributed by atoms with E-state index in [1.165, 1.54) is 24.8 Å². The number of aryl methyl sites for hydroxylation is 1. The van der Waals surface area contributed by atoms with Crippen molar-refractivity contribution in [2.24, 2.45) is 5.92 Å². The van der Waals surface area contributed by atoms with Gasteiger partial charge in [-0.25, -0.2) is 0 Å². The number of rotatable bonds is 0. The molecule has 1 aromatic heterocycles. The van der Waals surface area contributed by atoms with E-state index >= 15 is 0 Å². The fraction of sp³-hybridized carbons (Fsp3) is 0.615. The van der Waals surface area contributed by atoms with Gasteiger partial charge < -0.3 is 4.42 Å². The molecule has 0 N–H and O–H groups in total. The van der Waals surface area contributed by atoms with Crippen molar-refractivity contribution in [2.45, 2.75) is 44.4 Å². The lowest BCUT2D eigenvalue weighted by Crippen LogP contribution is -2.24. The van der Waals surface area contributed by atoms with Crippen LogP contribution in [0.4, 0.5) is 0 Å². The Kier molecular flexibility index (Phi) is 2.15. The van der Waals surface area contributed by atoms with Crippen LogP contribution < -0.4 is 0 Å². The van der Waals surface area contributed by atoms with E-state index in [2.05, 4.69) is 0 Å². The van der Waals surface area contributed by atoms with Gasteiger partial charge in [0.25, 0.3) is 0 Å². The summed E-state index contributed by atoms with van der Waals surface area (Å²) in [7, 11) is 0. The number of carbonyl (C=O) groups excluding carboxylic acids is 1. The molecule has 0 aliphatic heterocycles. The lowest BCUT2D eigenvalue weighted by atomic mass is 9.76. The summed E-state index contributed by atoms with van der Waals surface area (Å²) in [5.74, 6) is 2.04. The van der Waals surface area contributed by atoms with Crippen LogP contribution in [0.25, 0.3) is 0 Å². The van der Waals surface area contributed by atoms with Crippen LogP contribution in [0.1, 0.15) is 49.3 Å². The van der Waals surface area contributed by atoms with Crippen molar-refractivity contribution < 1.29 is 9.21 Å². The van der Waals surface area contributed by atoms with Crippen LogP contribution in [0.15, 0.2) is 16.7 Å². The van der Waals surface area contributed by atoms with Gasteiger partial charge in [0.15, 0.2) is 0 Å². The zero-order valence-electron chi connectivity index (χ0n) is 8.87. The Bertz CT molecular complexity index is 378. The minimum atomic E-state index is 0.0891. The van der Waals surface area contributed by atoms with Crippen molar-refractivity contribution in [2.75, 3.05) is 0 Å². The first kappa shape index (κ1) is 9.20. The summed E-state index contributed by atoms with van der Waals surface area (Å²) in [6.07, 6.45) is 8.25. The molecule has 3 rings (SSSR count). The SMILES string of the molecule is O=C1CCCC[C@@H]2CCc3ccoc3C12. The molecule has 0 amide bonds. The van der Waals surface area contributed by atoms with Gasteiger partial charge in [-0.15, -0.1) is 0 Å². The highest BCUT2D eigenvalue weighted by Crippen LogP contribution is 2.42. The maximum Gasteiger partial charge on any atom is 0.143 e. The molecule has 0 spiro atoms. The molecule has 1 unspecified atom stereocenters. The molecule has 15 heavy (non-hydrogen) atoms. The summed E-state index contributed by atoms with van der Waals surface area (Å²) in [6, 6.07) is 2.03. The fourth-order valence-electron chi connectivity index (χ4n) is 3.13. The van der Waals surface area contributed by atoms with Crippen LogP contribution in [0.2, 0.25) is 0 Å². The van der Waals surface area contributed by atoms with E-state index in [4.69, 9.17) is 4.42 Å². The number of hydrogen-bond donors (Lipinski definition) is 0. The van der Waals surface area contributed by atoms with Crippen molar-refractivity contribution in [3.63, 3.8) is 0 Å². The minimum Gasteiger partial charge on any atom is -0.468 e. The lowest BCUT2D eigenvalue weighted by molar-refractivity contribution is -0.121. The van der Waals surface area contributed by atoms with E-state index < -0.39 is 0 Å². The number of carbonyl (C=O) groups is 1. The van der Waals surface area contributed by atoms with E-state index in [9.17, 15) is 4.79 Å². The van der Waals surface area contributed by atoms with Gasteiger partial charge in [0, 0.05) is 6.42 Å². The minimum absolute atomic E-state index is 0.0891. The third-order valence-corrected chi connectivity index (χ3v) is 3.91. The van der Waals surface area contributed by atoms with Crippen LogP contribution in [0.5, 0.6) is 0 Å². The number of hydrogen-bond acceptors (Lipinski definition) is 2. The molecule has 1 fully saturated rings. The Morgan fingerprint density at radius 3 is 3.07 bits per heavy atom. The van der Waals surface area contributed by atoms with E-state index in [1.54, 1.807) is 6.26 Å². The fourth-order valence-corrected chi connectivity index (χ4v) is 3.13. The summed E-state index contributed by atoms with van der Waals surface area (Å²) < 4.78 is 5.53. The van der Waals surface area contributed by atoms with Crippen molar-refractivity contribution >= 4 is 5.78 Å². The first-order chi connectivity index (χ1) is 7.36. The maximum atomic E-state index is 12.0. The molecular weight excluding hydrogens is 188 g/mol. The van der Waals surface area contributed by atoms with Crippen LogP contribution in [-0.4, -0.2) is 5.78 Å². The van der Waals surface area contributed by atoms with Gasteiger partial charge in [0.05, 0.1) is 12.2 Å². The van der Waals surface area contributed by atoms with Crippen LogP contribution in [0.3, 0.4) is 0 Å². The number of ketones is 1. The molecule has 0 bridgehead atoms. The zero-order chi connectivity index (χ0) is 10.3. The third kappa shape index (κ3) is 1.43. The van der Waals surface area contributed by atoms with Gasteiger partial charge in [-0.3, -0.25) is 4.79 Å². The topological polar surface area (TPSA) is 30.2 Å². The van der Waals surface area contributed by atoms with E-state index in [0.29, 0.717) is 11.7 Å². The van der Waals surface area contributed by atoms with E-state index in [0.717, 1.165) is 25.0 Å². The second kappa shape index (κ2) is 3.51. The van der Waals surface area contributed by atoms with Gasteiger partial charge >= 0.3 is 0 Å². The Morgan fingerprint density at radius 1 is 1.20 bits per heavy atom. The predicted molar refractivity (Wildman–Crippen MR) is 56.7 cm³/mol. The van der Waals surface area contributed by atoms with Crippen LogP contribution in [0, 0.1) is 5.92 Å². The highest BCUT2D eigenvalue weighted by Gasteiger charge is 2.37. The van der Waals surface area contributed by atoms with Gasteiger partial charge in [0.2, 0.25) is 0 Å². The van der Waals surface area contributed by atoms with Gasteiger partial charge in [0.1, 0.15) is 11.5 Å². The smallest absolute Gasteiger partial charge is 0.143 e. The quantitative estimate of drug-likeness (QED) is 0.650. The van der Waals surface area contributed by atoms with E-state index in [1.807, 2.05) is 6.07 Å². The molecule has 0 radical (unpaired) electrons. The predicted octanol–water partition coefficient (Wildman–Crippen LogP) is 3.07. The molecule has 2 atom stereocenters. The summed E-state index contributed by atoms with van der Waals surface area (Å²) in [5.41, 5.74) is 1.27. The molecule has 1 aromatic rings. The number of fused-ring (bicyclic) bond motifs is 3. The van der Waals surface area contributed by atoms with Crippen molar-refractivity contribution in [1.82, 2.24) is 0 Å². The lowest BCUT2D eigenvalue weighted by Gasteiger charge is -2.27. The first-order valence-corrected chi connectivity index (χ1v) is 5.95. The molecule has 1 heterocycles. The molecule has 0 saturated heterocycles. The first-order valence-electron chi connectivity index (χ1n) is 5.95. The van der Waals surface area contributed by atoms with Crippen molar-refractivity contribution in [3.05, 3.63) is 23.7 Å². The van der Waals surface area contributed by atoms with Crippen LogP contribution in [-0.2, 0) is 11.2 Å². The number of Topliss-reactive ketones (excluding diaryl/α,β-unsaturated/α-hetero) is 1. The summed E-state index contributed by atoms with van der Waals surface area (Å²) >= 11 is 0. The van der Waals surface area contributed by atoms with E-state index in [-0.39, 0.29) is 5.92 Å². The monoisotopic (exact) mass is 204 g/mol. The highest BCUT2D eigenvalue weighted by molar-refractivity contribution is 5.86. The highest BCUT2D eigenvalue weighted by atomic mass is 16.3. The van der Waals surface area contributed by atoms with Gasteiger partial charge in [-0.1, -0.05) is 6.42 Å². The molecule has 2 nitrogen and oxygen atoms in total. The van der Waals surface area contributed by atoms with Crippen LogP contribution >= 0.6 is 0 Å². The second-order valence-corrected chi connectivity index (χ2v) is 4.80. The number of furan rings is 1. The van der Waals surface area contributed by atoms with Crippen molar-refractivity contribution in [1.29, 1.82) is 0 Å².